The average molecular weight is 576 g/mol. The Morgan fingerprint density at radius 3 is 2.31 bits per heavy atom. The molecule has 1 aromatic heterocycles. The molecule has 0 aliphatic heterocycles. The van der Waals surface area contributed by atoms with Crippen molar-refractivity contribution < 1.29 is 14.4 Å². The SMILES string of the molecule is CCCC(C)(C)CC[C@@](C)(CCC(C)(C)[C@]1(C)CC[C@H]2[C@H](C)C(=O)C(C#N)=C[C@]2(C)/C1=C/C(C)=O)C(=O)n1ccnc1. The van der Waals surface area contributed by atoms with E-state index in [9.17, 15) is 19.6 Å². The number of imidazole rings is 1. The van der Waals surface area contributed by atoms with Gasteiger partial charge in [0.15, 0.2) is 11.6 Å². The lowest BCUT2D eigenvalue weighted by molar-refractivity contribution is -0.123. The van der Waals surface area contributed by atoms with Crippen molar-refractivity contribution in [3.63, 3.8) is 0 Å². The van der Waals surface area contributed by atoms with Crippen molar-refractivity contribution >= 4 is 17.5 Å². The zero-order valence-corrected chi connectivity index (χ0v) is 27.8. The molecule has 0 saturated heterocycles. The first-order chi connectivity index (χ1) is 19.4. The molecule has 1 saturated carbocycles. The monoisotopic (exact) mass is 575 g/mol. The van der Waals surface area contributed by atoms with Crippen LogP contribution in [0.1, 0.15) is 125 Å². The lowest BCUT2D eigenvalue weighted by atomic mass is 9.44. The molecule has 5 atom stereocenters. The van der Waals surface area contributed by atoms with Crippen molar-refractivity contribution in [3.8, 4) is 6.07 Å². The number of hydrogen-bond acceptors (Lipinski definition) is 5. The van der Waals surface area contributed by atoms with Crippen molar-refractivity contribution in [1.82, 2.24) is 9.55 Å². The third-order valence-corrected chi connectivity index (χ3v) is 11.4. The largest absolute Gasteiger partial charge is 0.295 e. The van der Waals surface area contributed by atoms with Gasteiger partial charge in [-0.05, 0) is 80.1 Å². The number of carbonyl (C=O) groups is 3. The van der Waals surface area contributed by atoms with E-state index in [2.05, 4.69) is 66.4 Å². The lowest BCUT2D eigenvalue weighted by Gasteiger charge is -2.59. The van der Waals surface area contributed by atoms with Gasteiger partial charge < -0.3 is 0 Å². The maximum Gasteiger partial charge on any atom is 0.237 e. The predicted molar refractivity (Wildman–Crippen MR) is 167 cm³/mol. The van der Waals surface area contributed by atoms with Gasteiger partial charge in [0.2, 0.25) is 5.91 Å². The molecule has 2 aliphatic carbocycles. The number of hydrogen-bond donors (Lipinski definition) is 0. The molecule has 1 heterocycles. The van der Waals surface area contributed by atoms with Gasteiger partial charge in [-0.1, -0.05) is 80.4 Å². The third-order valence-electron chi connectivity index (χ3n) is 11.4. The van der Waals surface area contributed by atoms with Crippen LogP contribution in [-0.4, -0.2) is 27.0 Å². The molecule has 3 rings (SSSR count). The average Bonchev–Trinajstić information content (AvgIpc) is 3.45. The molecule has 0 unspecified atom stereocenters. The van der Waals surface area contributed by atoms with Crippen LogP contribution in [0.4, 0.5) is 0 Å². The van der Waals surface area contributed by atoms with E-state index in [-0.39, 0.29) is 51.1 Å². The van der Waals surface area contributed by atoms with Crippen LogP contribution in [0.2, 0.25) is 0 Å². The molecule has 6 heteroatoms. The van der Waals surface area contributed by atoms with E-state index in [0.29, 0.717) is 6.42 Å². The van der Waals surface area contributed by atoms with Gasteiger partial charge in [0.05, 0.1) is 5.57 Å². The Labute approximate surface area is 254 Å². The van der Waals surface area contributed by atoms with Crippen LogP contribution in [0.25, 0.3) is 0 Å². The highest BCUT2D eigenvalue weighted by Crippen LogP contribution is 2.65. The van der Waals surface area contributed by atoms with Crippen LogP contribution in [-0.2, 0) is 9.59 Å². The lowest BCUT2D eigenvalue weighted by Crippen LogP contribution is -2.52. The number of allylic oxidation sites excluding steroid dienone is 4. The van der Waals surface area contributed by atoms with Crippen LogP contribution in [0.5, 0.6) is 0 Å². The summed E-state index contributed by atoms with van der Waals surface area (Å²) in [6.07, 6.45) is 15.8. The number of fused-ring (bicyclic) bond motifs is 1. The summed E-state index contributed by atoms with van der Waals surface area (Å²) in [4.78, 5) is 43.8. The number of ketones is 2. The fourth-order valence-electron chi connectivity index (χ4n) is 8.04. The van der Waals surface area contributed by atoms with Gasteiger partial charge in [-0.15, -0.1) is 0 Å². The second-order valence-corrected chi connectivity index (χ2v) is 15.4. The highest BCUT2D eigenvalue weighted by molar-refractivity contribution is 6.02. The summed E-state index contributed by atoms with van der Waals surface area (Å²) in [6, 6.07) is 2.14. The highest BCUT2D eigenvalue weighted by atomic mass is 16.2. The number of carbonyl (C=O) groups excluding carboxylic acids is 3. The quantitative estimate of drug-likeness (QED) is 0.246. The molecule has 0 radical (unpaired) electrons. The van der Waals surface area contributed by atoms with E-state index in [4.69, 9.17) is 0 Å². The Kier molecular flexibility index (Phi) is 9.67. The second-order valence-electron chi connectivity index (χ2n) is 15.4. The number of rotatable bonds is 11. The van der Waals surface area contributed by atoms with Crippen LogP contribution < -0.4 is 0 Å². The number of nitrogens with zero attached hydrogens (tertiary/aromatic N) is 3. The summed E-state index contributed by atoms with van der Waals surface area (Å²) in [5.74, 6) is -0.288. The Bertz CT molecular complexity index is 1290. The third kappa shape index (κ3) is 6.26. The molecule has 0 aromatic carbocycles. The van der Waals surface area contributed by atoms with Crippen molar-refractivity contribution in [2.75, 3.05) is 0 Å². The zero-order chi connectivity index (χ0) is 31.7. The van der Waals surface area contributed by atoms with Crippen LogP contribution in [0.15, 0.2) is 42.0 Å². The van der Waals surface area contributed by atoms with Gasteiger partial charge in [-0.2, -0.15) is 5.26 Å². The Morgan fingerprint density at radius 1 is 1.12 bits per heavy atom. The summed E-state index contributed by atoms with van der Waals surface area (Å²) in [5, 5.41) is 9.82. The maximum absolute atomic E-state index is 14.0. The highest BCUT2D eigenvalue weighted by Gasteiger charge is 2.58. The standard InChI is InChI=1S/C36H53N3O3/c1-11-13-32(4,5)15-17-34(8,31(42)39-20-19-38-24-39)18-16-33(6,7)36(10)14-12-28-26(3)30(41)27(23-37)22-35(28,9)29(36)21-25(2)40/h19-22,24,26,28H,11-18H2,1-10H3/b29-21-/t26-,28-,34-,35-,36+/m0/s1. The van der Waals surface area contributed by atoms with Crippen molar-refractivity contribution in [2.24, 2.45) is 38.9 Å². The van der Waals surface area contributed by atoms with Crippen molar-refractivity contribution in [1.29, 1.82) is 5.26 Å². The molecule has 0 bridgehead atoms. The molecule has 6 nitrogen and oxygen atoms in total. The molecule has 2 aliphatic rings. The second kappa shape index (κ2) is 12.1. The van der Waals surface area contributed by atoms with Crippen LogP contribution in [0, 0.1) is 50.2 Å². The maximum atomic E-state index is 14.0. The van der Waals surface area contributed by atoms with E-state index in [0.717, 1.165) is 50.5 Å². The van der Waals surface area contributed by atoms with E-state index >= 15 is 0 Å². The van der Waals surface area contributed by atoms with Crippen LogP contribution >= 0.6 is 0 Å². The minimum atomic E-state index is -0.579. The van der Waals surface area contributed by atoms with Crippen molar-refractivity contribution in [2.45, 2.75) is 121 Å². The molecule has 1 aromatic rings. The van der Waals surface area contributed by atoms with Crippen LogP contribution in [0.3, 0.4) is 0 Å². The topological polar surface area (TPSA) is 92.8 Å². The van der Waals surface area contributed by atoms with Gasteiger partial charge in [-0.25, -0.2) is 4.98 Å². The Balaban J connectivity index is 2.02. The summed E-state index contributed by atoms with van der Waals surface area (Å²) < 4.78 is 1.63. The fourth-order valence-corrected chi connectivity index (χ4v) is 8.04. The Morgan fingerprint density at radius 2 is 1.76 bits per heavy atom. The van der Waals surface area contributed by atoms with Gasteiger partial charge in [-0.3, -0.25) is 19.0 Å². The molecule has 0 amide bonds. The fraction of sp³-hybridized carbons (Fsp3) is 0.694. The predicted octanol–water partition coefficient (Wildman–Crippen LogP) is 8.55. The summed E-state index contributed by atoms with van der Waals surface area (Å²) in [5.41, 5.74) is -0.436. The summed E-state index contributed by atoms with van der Waals surface area (Å²) in [6.45, 7) is 21.3. The van der Waals surface area contributed by atoms with Gasteiger partial charge in [0.25, 0.3) is 0 Å². The first kappa shape index (κ1) is 33.7. The van der Waals surface area contributed by atoms with Gasteiger partial charge in [0, 0.05) is 29.1 Å². The molecule has 42 heavy (non-hydrogen) atoms. The smallest absolute Gasteiger partial charge is 0.237 e. The molecule has 0 spiro atoms. The summed E-state index contributed by atoms with van der Waals surface area (Å²) in [7, 11) is 0. The van der Waals surface area contributed by atoms with Gasteiger partial charge in [0.1, 0.15) is 12.4 Å². The Hall–Kier alpha value is -2.81. The first-order valence-electron chi connectivity index (χ1n) is 15.8. The molecular weight excluding hydrogens is 522 g/mol. The van der Waals surface area contributed by atoms with E-state index < -0.39 is 10.8 Å². The molecular formula is C36H53N3O3. The van der Waals surface area contributed by atoms with E-state index in [1.54, 1.807) is 36.3 Å². The van der Waals surface area contributed by atoms with Crippen molar-refractivity contribution in [3.05, 3.63) is 42.0 Å². The molecule has 0 N–H and O–H groups in total. The zero-order valence-electron chi connectivity index (χ0n) is 27.8. The number of Topliss-reactive ketones (excluding diaryl/α,β-unsaturated/α-hetero) is 1. The number of nitriles is 1. The molecule has 1 fully saturated rings. The normalized spacial score (nSPS) is 28.9. The van der Waals surface area contributed by atoms with E-state index in [1.807, 2.05) is 13.0 Å². The van der Waals surface area contributed by atoms with E-state index in [1.165, 1.54) is 0 Å². The molecule has 230 valence electrons. The van der Waals surface area contributed by atoms with Gasteiger partial charge >= 0.3 is 0 Å². The minimum absolute atomic E-state index is 0.0244. The minimum Gasteiger partial charge on any atom is -0.295 e. The first-order valence-corrected chi connectivity index (χ1v) is 15.8. The number of aromatic nitrogens is 2. The summed E-state index contributed by atoms with van der Waals surface area (Å²) >= 11 is 0.